The molecule has 0 saturated heterocycles. The van der Waals surface area contributed by atoms with E-state index in [1.165, 1.54) is 23.1 Å². The number of thioether (sulfide) groups is 1. The standard InChI is InChI=1S/C30H27N3O4S2/c1-20(28(34)32-25-13-6-7-14-27(25)37-2)39-24-12-8-11-23(18-24)31-30(36)26(17-21-15-16-38-19-21)33-29(35)22-9-4-3-5-10-22/h3-20H,1-2H3,(H,31,36)(H,32,34)(H,33,35)/b26-17-. The molecule has 0 spiro atoms. The van der Waals surface area contributed by atoms with Crippen LogP contribution in [0.2, 0.25) is 0 Å². The fourth-order valence-corrected chi connectivity index (χ4v) is 5.10. The maximum atomic E-state index is 13.2. The number of carbonyl (C=O) groups excluding carboxylic acids is 3. The highest BCUT2D eigenvalue weighted by atomic mass is 32.2. The van der Waals surface area contributed by atoms with Crippen LogP contribution < -0.4 is 20.7 Å². The van der Waals surface area contributed by atoms with E-state index >= 15 is 0 Å². The van der Waals surface area contributed by atoms with Crippen molar-refractivity contribution in [1.82, 2.24) is 5.32 Å². The highest BCUT2D eigenvalue weighted by Gasteiger charge is 2.18. The molecular formula is C30H27N3O4S2. The summed E-state index contributed by atoms with van der Waals surface area (Å²) >= 11 is 2.85. The number of hydrogen-bond acceptors (Lipinski definition) is 6. The number of ether oxygens (including phenoxy) is 1. The Labute approximate surface area is 235 Å². The first-order valence-corrected chi connectivity index (χ1v) is 13.9. The van der Waals surface area contributed by atoms with E-state index in [4.69, 9.17) is 4.74 Å². The molecule has 1 unspecified atom stereocenters. The van der Waals surface area contributed by atoms with E-state index in [9.17, 15) is 14.4 Å². The van der Waals surface area contributed by atoms with Crippen LogP contribution in [0.1, 0.15) is 22.8 Å². The molecule has 9 heteroatoms. The molecular weight excluding hydrogens is 530 g/mol. The quantitative estimate of drug-likeness (QED) is 0.157. The Morgan fingerprint density at radius 3 is 2.44 bits per heavy atom. The number of rotatable bonds is 10. The van der Waals surface area contributed by atoms with Crippen molar-refractivity contribution in [3.63, 3.8) is 0 Å². The summed E-state index contributed by atoms with van der Waals surface area (Å²) < 4.78 is 5.31. The fraction of sp³-hybridized carbons (Fsp3) is 0.100. The Morgan fingerprint density at radius 2 is 1.69 bits per heavy atom. The summed E-state index contributed by atoms with van der Waals surface area (Å²) in [5, 5.41) is 11.9. The molecule has 0 radical (unpaired) electrons. The number of hydrogen-bond donors (Lipinski definition) is 3. The largest absolute Gasteiger partial charge is 0.495 e. The van der Waals surface area contributed by atoms with E-state index in [1.807, 2.05) is 48.0 Å². The molecule has 0 aliphatic heterocycles. The molecule has 7 nitrogen and oxygen atoms in total. The Bertz CT molecular complexity index is 1470. The molecule has 4 rings (SSSR count). The highest BCUT2D eigenvalue weighted by molar-refractivity contribution is 8.00. The minimum absolute atomic E-state index is 0.116. The second-order valence-electron chi connectivity index (χ2n) is 8.37. The first-order chi connectivity index (χ1) is 18.9. The molecule has 3 amide bonds. The third kappa shape index (κ3) is 7.83. The van der Waals surface area contributed by atoms with Crippen LogP contribution in [0.15, 0.2) is 106 Å². The number of anilines is 2. The van der Waals surface area contributed by atoms with Crippen LogP contribution in [-0.4, -0.2) is 30.1 Å². The fourth-order valence-electron chi connectivity index (χ4n) is 3.55. The van der Waals surface area contributed by atoms with Gasteiger partial charge in [-0.3, -0.25) is 14.4 Å². The number of nitrogens with one attached hydrogen (secondary N) is 3. The summed E-state index contributed by atoms with van der Waals surface area (Å²) in [7, 11) is 1.55. The van der Waals surface area contributed by atoms with Crippen molar-refractivity contribution in [2.24, 2.45) is 0 Å². The van der Waals surface area contributed by atoms with Crippen molar-refractivity contribution < 1.29 is 19.1 Å². The summed E-state index contributed by atoms with van der Waals surface area (Å²) in [6.07, 6.45) is 1.63. The van der Waals surface area contributed by atoms with Gasteiger partial charge < -0.3 is 20.7 Å². The summed E-state index contributed by atoms with van der Waals surface area (Å²) in [6.45, 7) is 1.81. The van der Waals surface area contributed by atoms with Crippen LogP contribution in [0.4, 0.5) is 11.4 Å². The lowest BCUT2D eigenvalue weighted by Crippen LogP contribution is -2.30. The third-order valence-corrected chi connectivity index (χ3v) is 7.32. The van der Waals surface area contributed by atoms with Crippen molar-refractivity contribution in [3.8, 4) is 5.75 Å². The molecule has 198 valence electrons. The number of amides is 3. The smallest absolute Gasteiger partial charge is 0.272 e. The molecule has 3 aromatic carbocycles. The van der Waals surface area contributed by atoms with Gasteiger partial charge in [-0.05, 0) is 77.9 Å². The average molecular weight is 558 g/mol. The normalized spacial score (nSPS) is 11.8. The molecule has 39 heavy (non-hydrogen) atoms. The van der Waals surface area contributed by atoms with Crippen LogP contribution in [-0.2, 0) is 9.59 Å². The van der Waals surface area contributed by atoms with Gasteiger partial charge in [0, 0.05) is 16.1 Å². The van der Waals surface area contributed by atoms with E-state index in [0.717, 1.165) is 10.5 Å². The molecule has 3 N–H and O–H groups in total. The first-order valence-electron chi connectivity index (χ1n) is 12.0. The zero-order valence-electron chi connectivity index (χ0n) is 21.3. The van der Waals surface area contributed by atoms with Gasteiger partial charge in [-0.2, -0.15) is 11.3 Å². The Morgan fingerprint density at radius 1 is 0.923 bits per heavy atom. The Kier molecular flexibility index (Phi) is 9.55. The summed E-state index contributed by atoms with van der Waals surface area (Å²) in [5.74, 6) is -0.442. The van der Waals surface area contributed by atoms with Crippen LogP contribution in [0, 0.1) is 0 Å². The molecule has 0 bridgehead atoms. The van der Waals surface area contributed by atoms with E-state index in [-0.39, 0.29) is 17.5 Å². The molecule has 1 heterocycles. The minimum atomic E-state index is -0.463. The van der Waals surface area contributed by atoms with Gasteiger partial charge in [0.25, 0.3) is 11.8 Å². The lowest BCUT2D eigenvalue weighted by Gasteiger charge is -2.15. The van der Waals surface area contributed by atoms with Gasteiger partial charge in [0.1, 0.15) is 11.4 Å². The van der Waals surface area contributed by atoms with Gasteiger partial charge in [0.05, 0.1) is 18.0 Å². The Balaban J connectivity index is 1.44. The molecule has 1 atom stereocenters. The number of methoxy groups -OCH3 is 1. The van der Waals surface area contributed by atoms with E-state index in [1.54, 1.807) is 67.8 Å². The molecule has 0 aliphatic carbocycles. The van der Waals surface area contributed by atoms with Crippen molar-refractivity contribution in [2.75, 3.05) is 17.7 Å². The molecule has 4 aromatic rings. The lowest BCUT2D eigenvalue weighted by atomic mass is 10.2. The summed E-state index contributed by atoms with van der Waals surface area (Å²) in [4.78, 5) is 39.6. The maximum Gasteiger partial charge on any atom is 0.272 e. The molecule has 1 aromatic heterocycles. The zero-order chi connectivity index (χ0) is 27.6. The van der Waals surface area contributed by atoms with Gasteiger partial charge in [-0.1, -0.05) is 36.4 Å². The average Bonchev–Trinajstić information content (AvgIpc) is 3.47. The monoisotopic (exact) mass is 557 g/mol. The van der Waals surface area contributed by atoms with Crippen molar-refractivity contribution in [2.45, 2.75) is 17.1 Å². The van der Waals surface area contributed by atoms with Crippen LogP contribution in [0.3, 0.4) is 0 Å². The molecule has 0 aliphatic rings. The molecule has 0 saturated carbocycles. The molecule has 0 fully saturated rings. The lowest BCUT2D eigenvalue weighted by molar-refractivity contribution is -0.115. The third-order valence-electron chi connectivity index (χ3n) is 5.52. The number of thiophene rings is 1. The second kappa shape index (κ2) is 13.5. The summed E-state index contributed by atoms with van der Waals surface area (Å²) in [5.41, 5.74) is 2.50. The minimum Gasteiger partial charge on any atom is -0.495 e. The van der Waals surface area contributed by atoms with Gasteiger partial charge in [-0.25, -0.2) is 0 Å². The SMILES string of the molecule is COc1ccccc1NC(=O)C(C)Sc1cccc(NC(=O)/C(=C/c2ccsc2)NC(=O)c2ccccc2)c1. The summed E-state index contributed by atoms with van der Waals surface area (Å²) in [6, 6.07) is 25.0. The van der Waals surface area contributed by atoms with Gasteiger partial charge in [0.2, 0.25) is 5.91 Å². The van der Waals surface area contributed by atoms with Crippen LogP contribution >= 0.6 is 23.1 Å². The topological polar surface area (TPSA) is 96.5 Å². The van der Waals surface area contributed by atoms with Gasteiger partial charge in [-0.15, -0.1) is 11.8 Å². The van der Waals surface area contributed by atoms with E-state index in [2.05, 4.69) is 16.0 Å². The second-order valence-corrected chi connectivity index (χ2v) is 10.6. The predicted molar refractivity (Wildman–Crippen MR) is 158 cm³/mol. The van der Waals surface area contributed by atoms with E-state index < -0.39 is 11.2 Å². The maximum absolute atomic E-state index is 13.2. The highest BCUT2D eigenvalue weighted by Crippen LogP contribution is 2.29. The Hall–Kier alpha value is -4.34. The van der Waals surface area contributed by atoms with Crippen LogP contribution in [0.5, 0.6) is 5.75 Å². The first kappa shape index (κ1) is 27.7. The zero-order valence-corrected chi connectivity index (χ0v) is 23.0. The van der Waals surface area contributed by atoms with Gasteiger partial charge >= 0.3 is 0 Å². The van der Waals surface area contributed by atoms with Gasteiger partial charge in [0.15, 0.2) is 0 Å². The van der Waals surface area contributed by atoms with Crippen molar-refractivity contribution in [3.05, 3.63) is 113 Å². The van der Waals surface area contributed by atoms with Crippen LogP contribution in [0.25, 0.3) is 6.08 Å². The number of para-hydroxylation sites is 2. The number of benzene rings is 3. The van der Waals surface area contributed by atoms with Crippen molar-refractivity contribution in [1.29, 1.82) is 0 Å². The van der Waals surface area contributed by atoms with Crippen molar-refractivity contribution >= 4 is 58.3 Å². The number of carbonyl (C=O) groups is 3. The van der Waals surface area contributed by atoms with E-state index in [0.29, 0.717) is 22.7 Å². The predicted octanol–water partition coefficient (Wildman–Crippen LogP) is 6.29.